The molecule has 0 amide bonds. The maximum atomic E-state index is 12.4. The van der Waals surface area contributed by atoms with Crippen molar-refractivity contribution in [3.8, 4) is 0 Å². The van der Waals surface area contributed by atoms with Gasteiger partial charge in [0.25, 0.3) is 10.2 Å². The molecule has 3 heterocycles. The average Bonchev–Trinajstić information content (AvgIpc) is 3.20. The monoisotopic (exact) mass is 311 g/mol. The van der Waals surface area contributed by atoms with Crippen LogP contribution >= 0.6 is 0 Å². The minimum absolute atomic E-state index is 0.219. The molecule has 0 saturated carbocycles. The zero-order valence-electron chi connectivity index (χ0n) is 11.4. The predicted molar refractivity (Wildman–Crippen MR) is 74.3 cm³/mol. The third-order valence-electron chi connectivity index (χ3n) is 3.48. The van der Waals surface area contributed by atoms with E-state index < -0.39 is 10.2 Å². The molecule has 0 aromatic carbocycles. The molecule has 0 spiro atoms. The van der Waals surface area contributed by atoms with E-state index in [1.165, 1.54) is 10.6 Å². The number of nitrogens with one attached hydrogen (secondary N) is 1. The molecule has 9 heteroatoms. The second-order valence-corrected chi connectivity index (χ2v) is 6.55. The lowest BCUT2D eigenvalue weighted by molar-refractivity contribution is 0.335. The van der Waals surface area contributed by atoms with Crippen LogP contribution < -0.4 is 4.72 Å². The smallest absolute Gasteiger partial charge is 0.280 e. The first-order chi connectivity index (χ1) is 10.2. The van der Waals surface area contributed by atoms with E-state index >= 15 is 0 Å². The molecule has 3 rings (SSSR count). The van der Waals surface area contributed by atoms with Gasteiger partial charge in [-0.1, -0.05) is 0 Å². The van der Waals surface area contributed by atoms with Crippen molar-refractivity contribution in [1.82, 2.24) is 23.8 Å². The van der Waals surface area contributed by atoms with Crippen LogP contribution in [-0.2, 0) is 16.8 Å². The highest BCUT2D eigenvalue weighted by molar-refractivity contribution is 7.87. The van der Waals surface area contributed by atoms with Crippen LogP contribution in [0.25, 0.3) is 0 Å². The second-order valence-electron chi connectivity index (χ2n) is 4.84. The maximum Gasteiger partial charge on any atom is 0.280 e. The summed E-state index contributed by atoms with van der Waals surface area (Å²) >= 11 is 0. The van der Waals surface area contributed by atoms with Crippen LogP contribution in [0.2, 0.25) is 0 Å². The maximum absolute atomic E-state index is 12.4. The van der Waals surface area contributed by atoms with Crippen LogP contribution in [0.4, 0.5) is 0 Å². The molecule has 2 aromatic heterocycles. The summed E-state index contributed by atoms with van der Waals surface area (Å²) in [5.74, 6) is 0.689. The zero-order chi connectivity index (χ0) is 14.7. The lowest BCUT2D eigenvalue weighted by Gasteiger charge is -2.22. The van der Waals surface area contributed by atoms with Crippen molar-refractivity contribution in [2.24, 2.45) is 0 Å². The van der Waals surface area contributed by atoms with Gasteiger partial charge in [0.05, 0.1) is 18.8 Å². The van der Waals surface area contributed by atoms with Crippen molar-refractivity contribution < 1.29 is 12.8 Å². The molecule has 1 atom stereocenters. The van der Waals surface area contributed by atoms with Crippen molar-refractivity contribution in [2.45, 2.75) is 25.4 Å². The lowest BCUT2D eigenvalue weighted by atomic mass is 10.2. The fraction of sp³-hybridized carbons (Fsp3) is 0.500. The molecule has 2 aromatic rings. The minimum atomic E-state index is -3.53. The highest BCUT2D eigenvalue weighted by atomic mass is 32.2. The van der Waals surface area contributed by atoms with Gasteiger partial charge in [-0.25, -0.2) is 9.71 Å². The van der Waals surface area contributed by atoms with Gasteiger partial charge in [-0.05, 0) is 25.0 Å². The molecule has 0 aliphatic carbocycles. The summed E-state index contributed by atoms with van der Waals surface area (Å²) in [7, 11) is -3.53. The number of aromatic nitrogens is 3. The Morgan fingerprint density at radius 2 is 2.38 bits per heavy atom. The first kappa shape index (κ1) is 14.2. The van der Waals surface area contributed by atoms with Gasteiger partial charge >= 0.3 is 0 Å². The van der Waals surface area contributed by atoms with E-state index in [0.29, 0.717) is 18.8 Å². The number of hydrogen-bond acceptors (Lipinski definition) is 5. The number of nitrogens with zero attached hydrogens (tertiary/aromatic N) is 4. The highest BCUT2D eigenvalue weighted by Crippen LogP contribution is 2.33. The van der Waals surface area contributed by atoms with Crippen LogP contribution in [0.15, 0.2) is 35.5 Å². The van der Waals surface area contributed by atoms with Crippen molar-refractivity contribution in [1.29, 1.82) is 0 Å². The first-order valence-corrected chi connectivity index (χ1v) is 8.23. The summed E-state index contributed by atoms with van der Waals surface area (Å²) in [5.41, 5.74) is 0. The molecule has 0 radical (unpaired) electrons. The Balaban J connectivity index is 1.63. The predicted octanol–water partition coefficient (Wildman–Crippen LogP) is 0.543. The molecule has 21 heavy (non-hydrogen) atoms. The average molecular weight is 311 g/mol. The van der Waals surface area contributed by atoms with Crippen molar-refractivity contribution in [3.63, 3.8) is 0 Å². The van der Waals surface area contributed by atoms with E-state index in [9.17, 15) is 8.42 Å². The molecule has 1 fully saturated rings. The number of furan rings is 1. The largest absolute Gasteiger partial charge is 0.468 e. The summed E-state index contributed by atoms with van der Waals surface area (Å²) in [5, 5.41) is 3.93. The van der Waals surface area contributed by atoms with Crippen LogP contribution in [0.3, 0.4) is 0 Å². The van der Waals surface area contributed by atoms with Gasteiger partial charge in [-0.3, -0.25) is 4.68 Å². The van der Waals surface area contributed by atoms with Crippen LogP contribution in [0, 0.1) is 0 Å². The molecule has 114 valence electrons. The number of hydrogen-bond donors (Lipinski definition) is 1. The van der Waals surface area contributed by atoms with Gasteiger partial charge in [-0.15, -0.1) is 0 Å². The summed E-state index contributed by atoms with van der Waals surface area (Å²) in [6, 6.07) is 3.37. The second kappa shape index (κ2) is 5.96. The standard InChI is InChI=1S/C12H17N5O3S/c18-21(19,15-5-7-16-10-13-9-14-16)17-6-1-3-11(17)12-4-2-8-20-12/h2,4,8-11,15H,1,3,5-7H2. The third-order valence-corrected chi connectivity index (χ3v) is 5.10. The molecular weight excluding hydrogens is 294 g/mol. The van der Waals surface area contributed by atoms with Gasteiger partial charge in [0.15, 0.2) is 0 Å². The first-order valence-electron chi connectivity index (χ1n) is 6.79. The summed E-state index contributed by atoms with van der Waals surface area (Å²) in [6.45, 7) is 1.22. The molecular formula is C12H17N5O3S. The van der Waals surface area contributed by atoms with E-state index in [1.807, 2.05) is 6.07 Å². The zero-order valence-corrected chi connectivity index (χ0v) is 12.2. The Bertz CT molecular complexity index is 653. The van der Waals surface area contributed by atoms with E-state index in [-0.39, 0.29) is 12.6 Å². The highest BCUT2D eigenvalue weighted by Gasteiger charge is 2.36. The van der Waals surface area contributed by atoms with E-state index in [4.69, 9.17) is 4.42 Å². The minimum Gasteiger partial charge on any atom is -0.468 e. The Morgan fingerprint density at radius 1 is 1.48 bits per heavy atom. The molecule has 1 aliphatic heterocycles. The van der Waals surface area contributed by atoms with Gasteiger partial charge < -0.3 is 4.42 Å². The van der Waals surface area contributed by atoms with Crippen LogP contribution in [0.5, 0.6) is 0 Å². The van der Waals surface area contributed by atoms with Gasteiger partial charge in [0.2, 0.25) is 0 Å². The molecule has 8 nitrogen and oxygen atoms in total. The molecule has 0 bridgehead atoms. The summed E-state index contributed by atoms with van der Waals surface area (Å²) in [6.07, 6.45) is 6.14. The molecule has 1 aliphatic rings. The number of rotatable bonds is 6. The van der Waals surface area contributed by atoms with Crippen molar-refractivity contribution in [2.75, 3.05) is 13.1 Å². The topological polar surface area (TPSA) is 93.3 Å². The van der Waals surface area contributed by atoms with Crippen molar-refractivity contribution >= 4 is 10.2 Å². The van der Waals surface area contributed by atoms with Crippen LogP contribution in [0.1, 0.15) is 24.6 Å². The lowest BCUT2D eigenvalue weighted by Crippen LogP contribution is -2.41. The molecule has 1 unspecified atom stereocenters. The molecule has 1 N–H and O–H groups in total. The fourth-order valence-electron chi connectivity index (χ4n) is 2.51. The van der Waals surface area contributed by atoms with Gasteiger partial charge in [0.1, 0.15) is 18.4 Å². The fourth-order valence-corrected chi connectivity index (χ4v) is 3.94. The Labute approximate surface area is 122 Å². The Kier molecular flexibility index (Phi) is 4.04. The van der Waals surface area contributed by atoms with E-state index in [1.54, 1.807) is 23.3 Å². The molecule has 1 saturated heterocycles. The van der Waals surface area contributed by atoms with Gasteiger partial charge in [0, 0.05) is 13.1 Å². The SMILES string of the molecule is O=S(=O)(NCCn1cncn1)N1CCCC1c1ccco1. The van der Waals surface area contributed by atoms with Crippen LogP contribution in [-0.4, -0.2) is 40.6 Å². The Morgan fingerprint density at radius 3 is 3.10 bits per heavy atom. The Hall–Kier alpha value is -1.71. The third kappa shape index (κ3) is 3.14. The van der Waals surface area contributed by atoms with E-state index in [0.717, 1.165) is 12.8 Å². The summed E-state index contributed by atoms with van der Waals surface area (Å²) < 4.78 is 35.8. The summed E-state index contributed by atoms with van der Waals surface area (Å²) in [4.78, 5) is 3.81. The quantitative estimate of drug-likeness (QED) is 0.840. The van der Waals surface area contributed by atoms with Crippen molar-refractivity contribution in [3.05, 3.63) is 36.8 Å². The van der Waals surface area contributed by atoms with E-state index in [2.05, 4.69) is 14.8 Å². The van der Waals surface area contributed by atoms with Gasteiger partial charge in [-0.2, -0.15) is 17.8 Å². The normalized spacial score (nSPS) is 20.1.